The fraction of sp³-hybridized carbons (Fsp3) is 0.650. The van der Waals surface area contributed by atoms with E-state index in [-0.39, 0.29) is 11.7 Å². The molecule has 3 rings (SSSR count). The minimum Gasteiger partial charge on any atom is -0.303 e. The molecule has 1 heterocycles. The van der Waals surface area contributed by atoms with E-state index in [9.17, 15) is 13.2 Å². The Balaban J connectivity index is 1.50. The summed E-state index contributed by atoms with van der Waals surface area (Å²) < 4.78 is 24.9. The highest BCUT2D eigenvalue weighted by molar-refractivity contribution is 7.92. The van der Waals surface area contributed by atoms with E-state index < -0.39 is 10.0 Å². The number of benzene rings is 1. The van der Waals surface area contributed by atoms with Crippen molar-refractivity contribution in [3.05, 3.63) is 29.8 Å². The Labute approximate surface area is 157 Å². The van der Waals surface area contributed by atoms with Crippen molar-refractivity contribution >= 4 is 21.5 Å². The first-order valence-corrected chi connectivity index (χ1v) is 11.6. The first-order chi connectivity index (χ1) is 12.4. The summed E-state index contributed by atoms with van der Waals surface area (Å²) in [5, 5.41) is 0. The van der Waals surface area contributed by atoms with Crippen molar-refractivity contribution in [1.82, 2.24) is 4.90 Å². The van der Waals surface area contributed by atoms with Crippen LogP contribution in [0.15, 0.2) is 24.3 Å². The van der Waals surface area contributed by atoms with Crippen LogP contribution in [-0.4, -0.2) is 45.0 Å². The Morgan fingerprint density at radius 3 is 2.23 bits per heavy atom. The number of hydrogen-bond acceptors (Lipinski definition) is 4. The molecular weight excluding hydrogens is 348 g/mol. The molecule has 26 heavy (non-hydrogen) atoms. The first kappa shape index (κ1) is 19.4. The lowest BCUT2D eigenvalue weighted by molar-refractivity contribution is 0.0817. The van der Waals surface area contributed by atoms with Gasteiger partial charge in [-0.05, 0) is 69.0 Å². The van der Waals surface area contributed by atoms with Gasteiger partial charge in [0.05, 0.1) is 6.26 Å². The molecule has 1 aromatic carbocycles. The van der Waals surface area contributed by atoms with Crippen molar-refractivity contribution in [3.8, 4) is 0 Å². The molecule has 5 nitrogen and oxygen atoms in total. The summed E-state index contributed by atoms with van der Waals surface area (Å²) in [4.78, 5) is 15.3. The topological polar surface area (TPSA) is 66.5 Å². The number of anilines is 1. The number of rotatable bonds is 6. The minimum atomic E-state index is -3.29. The van der Waals surface area contributed by atoms with Gasteiger partial charge < -0.3 is 4.90 Å². The molecule has 0 unspecified atom stereocenters. The van der Waals surface area contributed by atoms with Crippen LogP contribution in [0.2, 0.25) is 0 Å². The summed E-state index contributed by atoms with van der Waals surface area (Å²) in [5.74, 6) is 1.13. The summed E-state index contributed by atoms with van der Waals surface area (Å²) in [5.41, 5.74) is 1.17. The van der Waals surface area contributed by atoms with E-state index in [1.54, 1.807) is 24.3 Å². The zero-order chi connectivity index (χ0) is 18.6. The van der Waals surface area contributed by atoms with Gasteiger partial charge in [-0.2, -0.15) is 0 Å². The van der Waals surface area contributed by atoms with Crippen LogP contribution >= 0.6 is 0 Å². The van der Waals surface area contributed by atoms with Crippen LogP contribution in [-0.2, 0) is 10.0 Å². The summed E-state index contributed by atoms with van der Waals surface area (Å²) in [6.07, 6.45) is 9.86. The minimum absolute atomic E-state index is 0.0892. The van der Waals surface area contributed by atoms with E-state index in [1.807, 2.05) is 0 Å². The molecule has 0 spiro atoms. The van der Waals surface area contributed by atoms with Gasteiger partial charge in [0.25, 0.3) is 0 Å². The quantitative estimate of drug-likeness (QED) is 0.769. The van der Waals surface area contributed by atoms with E-state index in [2.05, 4.69) is 9.62 Å². The largest absolute Gasteiger partial charge is 0.303 e. The van der Waals surface area contributed by atoms with Gasteiger partial charge in [0.2, 0.25) is 10.0 Å². The highest BCUT2D eigenvalue weighted by Crippen LogP contribution is 2.27. The molecule has 1 saturated heterocycles. The fourth-order valence-corrected chi connectivity index (χ4v) is 4.83. The second kappa shape index (κ2) is 8.53. The molecule has 1 aromatic rings. The van der Waals surface area contributed by atoms with E-state index in [0.717, 1.165) is 38.1 Å². The zero-order valence-corrected chi connectivity index (χ0v) is 16.4. The fourth-order valence-electron chi connectivity index (χ4n) is 4.26. The van der Waals surface area contributed by atoms with E-state index >= 15 is 0 Å². The van der Waals surface area contributed by atoms with Crippen molar-refractivity contribution in [2.24, 2.45) is 11.8 Å². The molecule has 2 aliphatic rings. The summed E-state index contributed by atoms with van der Waals surface area (Å²) in [6, 6.07) is 6.77. The molecule has 6 heteroatoms. The van der Waals surface area contributed by atoms with Crippen LogP contribution in [0.1, 0.15) is 55.3 Å². The predicted molar refractivity (Wildman–Crippen MR) is 105 cm³/mol. The van der Waals surface area contributed by atoms with Crippen molar-refractivity contribution in [2.75, 3.05) is 30.6 Å². The molecule has 1 aliphatic carbocycles. The maximum atomic E-state index is 12.7. The second-order valence-corrected chi connectivity index (χ2v) is 9.64. The molecule has 1 aliphatic heterocycles. The van der Waals surface area contributed by atoms with Crippen LogP contribution in [0, 0.1) is 11.8 Å². The number of nitrogens with one attached hydrogen (secondary N) is 1. The molecular formula is C20H30N2O3S. The Bertz CT molecular complexity index is 701. The Morgan fingerprint density at radius 1 is 1.04 bits per heavy atom. The van der Waals surface area contributed by atoms with Gasteiger partial charge in [0.15, 0.2) is 5.78 Å². The molecule has 0 aromatic heterocycles. The van der Waals surface area contributed by atoms with Gasteiger partial charge in [-0.25, -0.2) is 8.42 Å². The lowest BCUT2D eigenvalue weighted by Crippen LogP contribution is -2.39. The average Bonchev–Trinajstić information content (AvgIpc) is 2.62. The number of carbonyl (C=O) groups is 1. The molecule has 0 bridgehead atoms. The molecule has 1 saturated carbocycles. The maximum absolute atomic E-state index is 12.7. The maximum Gasteiger partial charge on any atom is 0.229 e. The summed E-state index contributed by atoms with van der Waals surface area (Å²) in [6.45, 7) is 3.23. The zero-order valence-electron chi connectivity index (χ0n) is 15.6. The predicted octanol–water partition coefficient (Wildman–Crippen LogP) is 3.53. The third-order valence-corrected chi connectivity index (χ3v) is 6.28. The third kappa shape index (κ3) is 5.55. The van der Waals surface area contributed by atoms with Crippen LogP contribution in [0.3, 0.4) is 0 Å². The SMILES string of the molecule is CS(=O)(=O)Nc1ccc(C(=O)C2CCN(CC3CCCCC3)CC2)cc1. The van der Waals surface area contributed by atoms with Gasteiger partial charge in [-0.3, -0.25) is 9.52 Å². The number of hydrogen-bond donors (Lipinski definition) is 1. The van der Waals surface area contributed by atoms with Gasteiger partial charge in [0, 0.05) is 23.7 Å². The molecule has 0 radical (unpaired) electrons. The number of likely N-dealkylation sites (tertiary alicyclic amines) is 1. The lowest BCUT2D eigenvalue weighted by Gasteiger charge is -2.34. The number of piperidine rings is 1. The monoisotopic (exact) mass is 378 g/mol. The van der Waals surface area contributed by atoms with E-state index in [0.29, 0.717) is 11.3 Å². The number of sulfonamides is 1. The highest BCUT2D eigenvalue weighted by Gasteiger charge is 2.27. The van der Waals surface area contributed by atoms with Gasteiger partial charge in [-0.15, -0.1) is 0 Å². The smallest absolute Gasteiger partial charge is 0.229 e. The normalized spacial score (nSPS) is 20.8. The Kier molecular flexibility index (Phi) is 6.35. The third-order valence-electron chi connectivity index (χ3n) is 5.67. The number of nitrogens with zero attached hydrogens (tertiary/aromatic N) is 1. The van der Waals surface area contributed by atoms with Gasteiger partial charge in [-0.1, -0.05) is 19.3 Å². The number of Topliss-reactive ketones (excluding diaryl/α,β-unsaturated/α-hetero) is 1. The first-order valence-electron chi connectivity index (χ1n) is 9.75. The van der Waals surface area contributed by atoms with Crippen molar-refractivity contribution in [3.63, 3.8) is 0 Å². The number of carbonyl (C=O) groups excluding carboxylic acids is 1. The van der Waals surface area contributed by atoms with Crippen LogP contribution < -0.4 is 4.72 Å². The van der Waals surface area contributed by atoms with Crippen molar-refractivity contribution in [2.45, 2.75) is 44.9 Å². The van der Waals surface area contributed by atoms with Gasteiger partial charge >= 0.3 is 0 Å². The van der Waals surface area contributed by atoms with Crippen LogP contribution in [0.25, 0.3) is 0 Å². The molecule has 0 amide bonds. The van der Waals surface area contributed by atoms with Crippen LogP contribution in [0.5, 0.6) is 0 Å². The second-order valence-electron chi connectivity index (χ2n) is 7.89. The highest BCUT2D eigenvalue weighted by atomic mass is 32.2. The number of ketones is 1. The average molecular weight is 379 g/mol. The molecule has 2 fully saturated rings. The van der Waals surface area contributed by atoms with Crippen molar-refractivity contribution < 1.29 is 13.2 Å². The summed E-state index contributed by atoms with van der Waals surface area (Å²) >= 11 is 0. The Hall–Kier alpha value is -1.40. The molecule has 144 valence electrons. The standard InChI is InChI=1S/C20H30N2O3S/c1-26(24,25)21-19-9-7-17(8-10-19)20(23)18-11-13-22(14-12-18)15-16-5-3-2-4-6-16/h7-10,16,18,21H,2-6,11-15H2,1H3. The van der Waals surface area contributed by atoms with E-state index in [4.69, 9.17) is 0 Å². The molecule has 0 atom stereocenters. The Morgan fingerprint density at radius 2 is 1.65 bits per heavy atom. The molecule has 1 N–H and O–H groups in total. The van der Waals surface area contributed by atoms with Crippen molar-refractivity contribution in [1.29, 1.82) is 0 Å². The van der Waals surface area contributed by atoms with E-state index in [1.165, 1.54) is 38.6 Å². The van der Waals surface area contributed by atoms with Crippen LogP contribution in [0.4, 0.5) is 5.69 Å². The summed E-state index contributed by atoms with van der Waals surface area (Å²) in [7, 11) is -3.29. The lowest BCUT2D eigenvalue weighted by atomic mass is 9.86. The van der Waals surface area contributed by atoms with Gasteiger partial charge in [0.1, 0.15) is 0 Å².